The van der Waals surface area contributed by atoms with Crippen molar-refractivity contribution >= 4 is 66.5 Å². The van der Waals surface area contributed by atoms with Gasteiger partial charge in [0.15, 0.2) is 16.6 Å². The van der Waals surface area contributed by atoms with Gasteiger partial charge in [0.25, 0.3) is 0 Å². The third-order valence-electron chi connectivity index (χ3n) is 8.78. The molecule has 1 aromatic rings. The maximum Gasteiger partial charge on any atom is 0.408 e. The second-order valence-electron chi connectivity index (χ2n) is 16.0. The van der Waals surface area contributed by atoms with Crippen LogP contribution >= 0.6 is 31.9 Å². The number of methoxy groups -OCH3 is 1. The number of carbonyl (C=O) groups excluding carboxylic acids is 3. The molecule has 0 radical (unpaired) electrons. The summed E-state index contributed by atoms with van der Waals surface area (Å²) in [6.07, 6.45) is -3.07. The van der Waals surface area contributed by atoms with E-state index < -0.39 is 64.5 Å². The first-order valence-corrected chi connectivity index (χ1v) is 23.4. The van der Waals surface area contributed by atoms with E-state index in [0.29, 0.717) is 14.5 Å². The summed E-state index contributed by atoms with van der Waals surface area (Å²) in [4.78, 5) is 44.0. The van der Waals surface area contributed by atoms with Gasteiger partial charge in [0.1, 0.15) is 23.4 Å². The number of aromatic hydroxyl groups is 1. The molecule has 0 heterocycles. The second-order valence-corrected chi connectivity index (χ2v) is 27.2. The number of phenols is 1. The number of azide groups is 1. The first-order chi connectivity index (χ1) is 22.1. The van der Waals surface area contributed by atoms with Crippen molar-refractivity contribution in [1.29, 1.82) is 0 Å². The van der Waals surface area contributed by atoms with E-state index in [1.54, 1.807) is 32.9 Å². The van der Waals surface area contributed by atoms with Crippen LogP contribution in [0.25, 0.3) is 10.4 Å². The Morgan fingerprint density at radius 2 is 1.41 bits per heavy atom. The first kappa shape index (κ1) is 44.9. The Morgan fingerprint density at radius 3 is 1.84 bits per heavy atom. The van der Waals surface area contributed by atoms with Crippen molar-refractivity contribution in [3.63, 3.8) is 0 Å². The molecule has 1 aromatic carbocycles. The Morgan fingerprint density at radius 1 is 0.918 bits per heavy atom. The number of ether oxygens (including phenoxy) is 2. The van der Waals surface area contributed by atoms with E-state index in [0.717, 1.165) is 0 Å². The summed E-state index contributed by atoms with van der Waals surface area (Å²) in [6.45, 7) is 25.2. The maximum atomic E-state index is 14.5. The van der Waals surface area contributed by atoms with Gasteiger partial charge in [-0.3, -0.25) is 4.79 Å². The van der Waals surface area contributed by atoms with Gasteiger partial charge in [-0.25, -0.2) is 9.59 Å². The highest BCUT2D eigenvalue weighted by atomic mass is 79.9. The zero-order valence-corrected chi connectivity index (χ0v) is 36.5. The molecule has 2 amide bonds. The third kappa shape index (κ3) is 13.5. The third-order valence-corrected chi connectivity index (χ3v) is 19.0. The largest absolute Gasteiger partial charge is 0.506 e. The summed E-state index contributed by atoms with van der Waals surface area (Å²) >= 11 is 6.60. The Bertz CT molecular complexity index is 1360. The molecule has 3 N–H and O–H groups in total. The van der Waals surface area contributed by atoms with Crippen LogP contribution in [0.15, 0.2) is 26.2 Å². The quantitative estimate of drug-likeness (QED) is 0.0552. The van der Waals surface area contributed by atoms with Crippen molar-refractivity contribution in [3.8, 4) is 5.75 Å². The molecule has 0 aliphatic carbocycles. The van der Waals surface area contributed by atoms with Crippen molar-refractivity contribution in [3.05, 3.63) is 37.1 Å². The fraction of sp³-hybridized carbons (Fsp3) is 0.719. The molecular weight excluding hydrogens is 798 g/mol. The van der Waals surface area contributed by atoms with Crippen LogP contribution in [0.4, 0.5) is 4.79 Å². The van der Waals surface area contributed by atoms with Gasteiger partial charge < -0.3 is 34.1 Å². The van der Waals surface area contributed by atoms with Gasteiger partial charge >= 0.3 is 12.1 Å². The highest BCUT2D eigenvalue weighted by molar-refractivity contribution is 9.11. The number of nitrogens with zero attached hydrogens (tertiary/aromatic N) is 3. The SMILES string of the molecule is COC(=O)[C@H](Cc1cc(Br)c(O)c(Br)c1)NC(=O)[C@@H](NC(=O)OC(C)(C)C)[C@@H](O[Si](C)(C)C(C)(C)C)[C@H](CN=[N+]=[N-])O[Si](C)(C)C(C)(C)C. The minimum atomic E-state index is -2.74. The number of hydrogen-bond donors (Lipinski definition) is 3. The fourth-order valence-corrected chi connectivity index (χ4v) is 7.98. The van der Waals surface area contributed by atoms with Crippen LogP contribution in [-0.2, 0) is 34.3 Å². The van der Waals surface area contributed by atoms with E-state index in [-0.39, 0.29) is 28.8 Å². The van der Waals surface area contributed by atoms with Gasteiger partial charge in [-0.2, -0.15) is 0 Å². The molecule has 0 aromatic heterocycles. The number of phenolic OH excluding ortho intramolecular Hbond substituents is 1. The predicted octanol–water partition coefficient (Wildman–Crippen LogP) is 8.10. The second kappa shape index (κ2) is 17.4. The molecule has 0 saturated heterocycles. The Balaban J connectivity index is 3.95. The normalized spacial score (nSPS) is 15.3. The van der Waals surface area contributed by atoms with Crippen molar-refractivity contribution in [1.82, 2.24) is 10.6 Å². The minimum Gasteiger partial charge on any atom is -0.506 e. The van der Waals surface area contributed by atoms with Gasteiger partial charge in [-0.1, -0.05) is 46.7 Å². The molecule has 0 spiro atoms. The number of nitrogens with one attached hydrogen (secondary N) is 2. The molecule has 49 heavy (non-hydrogen) atoms. The summed E-state index contributed by atoms with van der Waals surface area (Å²) in [6, 6.07) is 0.544. The van der Waals surface area contributed by atoms with Crippen molar-refractivity contribution in [2.45, 2.75) is 135 Å². The molecule has 0 saturated carbocycles. The molecule has 0 fully saturated rings. The van der Waals surface area contributed by atoms with Gasteiger partial charge in [-0.15, -0.1) is 0 Å². The maximum absolute atomic E-state index is 14.5. The monoisotopic (exact) mass is 851 g/mol. The molecule has 17 heteroatoms. The van der Waals surface area contributed by atoms with Gasteiger partial charge in [0, 0.05) is 11.3 Å². The Hall–Kier alpha value is -2.15. The zero-order chi connectivity index (χ0) is 38.3. The van der Waals surface area contributed by atoms with Crippen LogP contribution in [0, 0.1) is 0 Å². The summed E-state index contributed by atoms with van der Waals surface area (Å²) in [5.41, 5.74) is 9.06. The summed E-state index contributed by atoms with van der Waals surface area (Å²) < 4.78 is 25.1. The summed E-state index contributed by atoms with van der Waals surface area (Å²) in [5, 5.41) is 18.9. The van der Waals surface area contributed by atoms with Crippen LogP contribution in [0.1, 0.15) is 67.9 Å². The van der Waals surface area contributed by atoms with Gasteiger partial charge in [-0.05, 0) is 112 Å². The average molecular weight is 854 g/mol. The lowest BCUT2D eigenvalue weighted by Gasteiger charge is -2.46. The number of halogens is 2. The number of alkyl carbamates (subject to hydrolysis) is 1. The van der Waals surface area contributed by atoms with Crippen molar-refractivity contribution < 1.29 is 37.8 Å². The van der Waals surface area contributed by atoms with E-state index in [1.807, 2.05) is 47.0 Å². The standard InChI is InChI=1S/C32H55Br2N5O8Si2/c1-30(2,3)45-29(43)38-24(27(41)37-22(28(42)44-10)17-19-15-20(33)25(40)21(34)16-19)26(47-49(13,14)32(7,8)9)23(18-36-39-35)46-48(11,12)31(4,5)6/h15-16,22-24,26,40H,17-18H2,1-14H3,(H,37,41)(H,38,43)/t22-,23-,24-,26-/m0/s1. The number of rotatable bonds is 14. The number of hydrogen-bond acceptors (Lipinski definition) is 9. The zero-order valence-electron chi connectivity index (χ0n) is 31.3. The number of esters is 1. The van der Waals surface area contributed by atoms with Crippen LogP contribution in [0.3, 0.4) is 0 Å². The van der Waals surface area contributed by atoms with Gasteiger partial charge in [0.05, 0.1) is 34.8 Å². The van der Waals surface area contributed by atoms with Gasteiger partial charge in [0.2, 0.25) is 5.91 Å². The lowest BCUT2D eigenvalue weighted by molar-refractivity contribution is -0.145. The fourth-order valence-electron chi connectivity index (χ4n) is 4.06. The molecule has 13 nitrogen and oxygen atoms in total. The highest BCUT2D eigenvalue weighted by Gasteiger charge is 2.49. The number of amides is 2. The number of benzene rings is 1. The molecule has 0 bridgehead atoms. The minimum absolute atomic E-state index is 0.0224. The molecule has 0 unspecified atom stereocenters. The lowest BCUT2D eigenvalue weighted by Crippen LogP contribution is -2.64. The Kier molecular flexibility index (Phi) is 15.9. The summed E-state index contributed by atoms with van der Waals surface area (Å²) in [5.74, 6) is -1.54. The van der Waals surface area contributed by atoms with E-state index in [9.17, 15) is 25.0 Å². The van der Waals surface area contributed by atoms with E-state index in [4.69, 9.17) is 18.3 Å². The van der Waals surface area contributed by atoms with Crippen LogP contribution in [-0.4, -0.2) is 83.3 Å². The van der Waals surface area contributed by atoms with E-state index in [2.05, 4.69) is 73.3 Å². The smallest absolute Gasteiger partial charge is 0.408 e. The predicted molar refractivity (Wildman–Crippen MR) is 202 cm³/mol. The number of carbonyl (C=O) groups is 3. The lowest BCUT2D eigenvalue weighted by atomic mass is 10.0. The van der Waals surface area contributed by atoms with E-state index >= 15 is 0 Å². The van der Waals surface area contributed by atoms with Crippen LogP contribution in [0.5, 0.6) is 5.75 Å². The van der Waals surface area contributed by atoms with Crippen LogP contribution in [0.2, 0.25) is 36.3 Å². The van der Waals surface area contributed by atoms with Crippen molar-refractivity contribution in [2.75, 3.05) is 13.7 Å². The molecule has 1 rings (SSSR count). The van der Waals surface area contributed by atoms with Crippen LogP contribution < -0.4 is 10.6 Å². The highest BCUT2D eigenvalue weighted by Crippen LogP contribution is 2.41. The molecule has 0 aliphatic heterocycles. The van der Waals surface area contributed by atoms with E-state index in [1.165, 1.54) is 7.11 Å². The molecular formula is C32H55Br2N5O8Si2. The first-order valence-electron chi connectivity index (χ1n) is 16.0. The molecule has 278 valence electrons. The molecule has 0 aliphatic rings. The van der Waals surface area contributed by atoms with Crippen molar-refractivity contribution in [2.24, 2.45) is 5.11 Å². The Labute approximate surface area is 310 Å². The molecule has 4 atom stereocenters. The average Bonchev–Trinajstić information content (AvgIpc) is 2.92. The summed E-state index contributed by atoms with van der Waals surface area (Å²) in [7, 11) is -4.15. The topological polar surface area (TPSA) is 181 Å².